The maximum absolute atomic E-state index is 6.17. The first-order valence-corrected chi connectivity index (χ1v) is 8.46. The van der Waals surface area contributed by atoms with Gasteiger partial charge in [-0.2, -0.15) is 5.10 Å². The molecular weight excluding hydrogens is 276 g/mol. The van der Waals surface area contributed by atoms with Gasteiger partial charge in [-0.1, -0.05) is 0 Å². The lowest BCUT2D eigenvalue weighted by Crippen LogP contribution is -2.48. The van der Waals surface area contributed by atoms with E-state index in [9.17, 15) is 0 Å². The summed E-state index contributed by atoms with van der Waals surface area (Å²) >= 11 is 0. The Hall–Kier alpha value is -1.65. The molecule has 0 unspecified atom stereocenters. The monoisotopic (exact) mass is 298 g/mol. The van der Waals surface area contributed by atoms with Gasteiger partial charge in [0, 0.05) is 12.5 Å². The van der Waals surface area contributed by atoms with Crippen LogP contribution in [0.25, 0.3) is 11.6 Å². The van der Waals surface area contributed by atoms with Crippen LogP contribution in [0.2, 0.25) is 0 Å². The lowest BCUT2D eigenvalue weighted by molar-refractivity contribution is -0.0176. The van der Waals surface area contributed by atoms with E-state index in [4.69, 9.17) is 4.42 Å². The highest BCUT2D eigenvalue weighted by Gasteiger charge is 2.54. The van der Waals surface area contributed by atoms with Crippen molar-refractivity contribution < 1.29 is 4.42 Å². The van der Waals surface area contributed by atoms with Crippen molar-refractivity contribution in [3.63, 3.8) is 0 Å². The molecule has 0 saturated heterocycles. The molecule has 0 N–H and O–H groups in total. The number of hydrogen-bond acceptors (Lipinski definition) is 4. The van der Waals surface area contributed by atoms with Gasteiger partial charge in [-0.3, -0.25) is 4.68 Å². The normalized spacial score (nSPS) is 36.2. The molecule has 4 aliphatic rings. The summed E-state index contributed by atoms with van der Waals surface area (Å²) in [6, 6.07) is 2.01. The fourth-order valence-corrected chi connectivity index (χ4v) is 5.72. The third kappa shape index (κ3) is 1.74. The predicted octanol–water partition coefficient (Wildman–Crippen LogP) is 3.25. The van der Waals surface area contributed by atoms with Crippen molar-refractivity contribution in [3.8, 4) is 11.6 Å². The van der Waals surface area contributed by atoms with Crippen LogP contribution in [-0.2, 0) is 12.5 Å². The van der Waals surface area contributed by atoms with E-state index in [0.29, 0.717) is 5.89 Å². The zero-order valence-electron chi connectivity index (χ0n) is 13.2. The van der Waals surface area contributed by atoms with Crippen LogP contribution >= 0.6 is 0 Å². The van der Waals surface area contributed by atoms with Crippen molar-refractivity contribution in [2.24, 2.45) is 24.8 Å². The van der Waals surface area contributed by atoms with E-state index >= 15 is 0 Å². The predicted molar refractivity (Wildman–Crippen MR) is 81.1 cm³/mol. The zero-order chi connectivity index (χ0) is 14.9. The van der Waals surface area contributed by atoms with Gasteiger partial charge in [-0.15, -0.1) is 10.2 Å². The summed E-state index contributed by atoms with van der Waals surface area (Å²) in [7, 11) is 1.93. The largest absolute Gasteiger partial charge is 0.419 e. The number of nitrogens with zero attached hydrogens (tertiary/aromatic N) is 4. The number of aromatic nitrogens is 4. The van der Waals surface area contributed by atoms with Crippen LogP contribution in [0, 0.1) is 24.7 Å². The van der Waals surface area contributed by atoms with Crippen molar-refractivity contribution in [2.75, 3.05) is 0 Å². The third-order valence-electron chi connectivity index (χ3n) is 6.14. The van der Waals surface area contributed by atoms with Gasteiger partial charge >= 0.3 is 0 Å². The van der Waals surface area contributed by atoms with Crippen molar-refractivity contribution in [3.05, 3.63) is 17.7 Å². The summed E-state index contributed by atoms with van der Waals surface area (Å²) in [5, 5.41) is 13.2. The molecule has 22 heavy (non-hydrogen) atoms. The highest BCUT2D eigenvalue weighted by atomic mass is 16.4. The number of hydrogen-bond donors (Lipinski definition) is 0. The van der Waals surface area contributed by atoms with Crippen LogP contribution in [0.3, 0.4) is 0 Å². The molecule has 4 bridgehead atoms. The van der Waals surface area contributed by atoms with Gasteiger partial charge in [0.15, 0.2) is 0 Å². The molecule has 0 atom stereocenters. The molecule has 6 rings (SSSR count). The number of aryl methyl sites for hydroxylation is 2. The van der Waals surface area contributed by atoms with Crippen molar-refractivity contribution in [1.82, 2.24) is 20.0 Å². The smallest absolute Gasteiger partial charge is 0.265 e. The van der Waals surface area contributed by atoms with Gasteiger partial charge < -0.3 is 4.42 Å². The molecule has 5 nitrogen and oxygen atoms in total. The Labute approximate surface area is 130 Å². The standard InChI is InChI=1S/C17H22N4O/c1-10-3-14(21(2)20-10)15-18-19-16(22-15)17-7-11-4-12(8-17)6-13(5-11)9-17/h3,11-13H,4-9H2,1-2H3. The zero-order valence-corrected chi connectivity index (χ0v) is 13.2. The minimum Gasteiger partial charge on any atom is -0.419 e. The molecule has 2 aromatic rings. The molecule has 0 amide bonds. The van der Waals surface area contributed by atoms with Crippen LogP contribution < -0.4 is 0 Å². The summed E-state index contributed by atoms with van der Waals surface area (Å²) in [6.45, 7) is 1.99. The quantitative estimate of drug-likeness (QED) is 0.854. The second kappa shape index (κ2) is 4.21. The second-order valence-corrected chi connectivity index (χ2v) is 7.90. The van der Waals surface area contributed by atoms with Crippen LogP contribution in [0.1, 0.15) is 50.1 Å². The van der Waals surface area contributed by atoms with Gasteiger partial charge in [0.05, 0.1) is 5.69 Å². The van der Waals surface area contributed by atoms with Gasteiger partial charge in [-0.05, 0) is 69.3 Å². The summed E-state index contributed by atoms with van der Waals surface area (Å²) in [6.07, 6.45) is 8.06. The van der Waals surface area contributed by atoms with E-state index in [2.05, 4.69) is 15.3 Å². The van der Waals surface area contributed by atoms with E-state index in [1.165, 1.54) is 38.5 Å². The molecule has 0 aromatic carbocycles. The summed E-state index contributed by atoms with van der Waals surface area (Å²) in [4.78, 5) is 0. The maximum Gasteiger partial charge on any atom is 0.265 e. The molecule has 0 radical (unpaired) electrons. The van der Waals surface area contributed by atoms with E-state index in [1.54, 1.807) is 0 Å². The van der Waals surface area contributed by atoms with Crippen LogP contribution in [0.5, 0.6) is 0 Å². The first kappa shape index (κ1) is 12.9. The topological polar surface area (TPSA) is 56.7 Å². The maximum atomic E-state index is 6.17. The second-order valence-electron chi connectivity index (χ2n) is 7.90. The summed E-state index contributed by atoms with van der Waals surface area (Å²) in [5.74, 6) is 4.18. The van der Waals surface area contributed by atoms with E-state index in [0.717, 1.165) is 35.0 Å². The Balaban J connectivity index is 1.53. The third-order valence-corrected chi connectivity index (χ3v) is 6.14. The Morgan fingerprint density at radius 2 is 1.73 bits per heavy atom. The van der Waals surface area contributed by atoms with Gasteiger partial charge in [0.25, 0.3) is 5.89 Å². The Bertz CT molecular complexity index is 694. The highest BCUT2D eigenvalue weighted by Crippen LogP contribution is 2.60. The lowest BCUT2D eigenvalue weighted by atomic mass is 9.49. The van der Waals surface area contributed by atoms with Gasteiger partial charge in [0.2, 0.25) is 5.89 Å². The molecule has 4 aliphatic carbocycles. The van der Waals surface area contributed by atoms with Crippen LogP contribution in [0.4, 0.5) is 0 Å². The van der Waals surface area contributed by atoms with E-state index in [1.807, 2.05) is 24.7 Å². The first-order chi connectivity index (χ1) is 10.6. The Morgan fingerprint density at radius 1 is 1.09 bits per heavy atom. The molecule has 5 heteroatoms. The van der Waals surface area contributed by atoms with Crippen LogP contribution in [-0.4, -0.2) is 20.0 Å². The van der Waals surface area contributed by atoms with Crippen molar-refractivity contribution >= 4 is 0 Å². The molecule has 0 aliphatic heterocycles. The molecule has 4 fully saturated rings. The summed E-state index contributed by atoms with van der Waals surface area (Å²) in [5.41, 5.74) is 2.07. The van der Waals surface area contributed by atoms with Gasteiger partial charge in [0.1, 0.15) is 5.69 Å². The highest BCUT2D eigenvalue weighted by molar-refractivity contribution is 5.47. The first-order valence-electron chi connectivity index (χ1n) is 8.46. The molecule has 2 heterocycles. The van der Waals surface area contributed by atoms with E-state index in [-0.39, 0.29) is 5.41 Å². The van der Waals surface area contributed by atoms with Crippen molar-refractivity contribution in [1.29, 1.82) is 0 Å². The summed E-state index contributed by atoms with van der Waals surface area (Å²) < 4.78 is 7.99. The molecule has 4 saturated carbocycles. The number of rotatable bonds is 2. The fourth-order valence-electron chi connectivity index (χ4n) is 5.72. The van der Waals surface area contributed by atoms with Crippen LogP contribution in [0.15, 0.2) is 10.5 Å². The molecule has 0 spiro atoms. The average Bonchev–Trinajstić information content (AvgIpc) is 3.04. The van der Waals surface area contributed by atoms with Gasteiger partial charge in [-0.25, -0.2) is 0 Å². The van der Waals surface area contributed by atoms with E-state index < -0.39 is 0 Å². The Morgan fingerprint density at radius 3 is 2.27 bits per heavy atom. The fraction of sp³-hybridized carbons (Fsp3) is 0.706. The minimum absolute atomic E-state index is 0.174. The average molecular weight is 298 g/mol. The molecular formula is C17H22N4O. The van der Waals surface area contributed by atoms with Crippen molar-refractivity contribution in [2.45, 2.75) is 50.9 Å². The molecule has 2 aromatic heterocycles. The molecule has 116 valence electrons. The lowest BCUT2D eigenvalue weighted by Gasteiger charge is -2.55. The minimum atomic E-state index is 0.174. The SMILES string of the molecule is Cc1cc(-c2nnc(C34CC5CC(CC(C5)C3)C4)o2)n(C)n1. The Kier molecular flexibility index (Phi) is 2.46.